The normalized spacial score (nSPS) is 21.9. The third-order valence-electron chi connectivity index (χ3n) is 5.86. The third-order valence-corrected chi connectivity index (χ3v) is 5.86. The summed E-state index contributed by atoms with van der Waals surface area (Å²) < 4.78 is 5.28. The van der Waals surface area contributed by atoms with E-state index in [2.05, 4.69) is 16.0 Å². The van der Waals surface area contributed by atoms with E-state index in [9.17, 15) is 9.59 Å². The summed E-state index contributed by atoms with van der Waals surface area (Å²) in [4.78, 5) is 30.4. The van der Waals surface area contributed by atoms with Gasteiger partial charge in [-0.2, -0.15) is 0 Å². The van der Waals surface area contributed by atoms with Crippen LogP contribution in [-0.4, -0.2) is 36.8 Å². The van der Waals surface area contributed by atoms with Crippen molar-refractivity contribution >= 4 is 23.6 Å². The van der Waals surface area contributed by atoms with Crippen molar-refractivity contribution in [2.75, 3.05) is 24.7 Å². The Morgan fingerprint density at radius 1 is 1.19 bits per heavy atom. The van der Waals surface area contributed by atoms with Crippen LogP contribution in [0.15, 0.2) is 30.5 Å². The Morgan fingerprint density at radius 2 is 2.08 bits per heavy atom. The highest BCUT2D eigenvalue weighted by Crippen LogP contribution is 2.38. The van der Waals surface area contributed by atoms with Crippen LogP contribution in [0.25, 0.3) is 0 Å². The molecule has 1 unspecified atom stereocenters. The molecule has 0 bridgehead atoms. The number of benzene rings is 1. The average molecular weight is 348 g/mol. The van der Waals surface area contributed by atoms with E-state index in [0.29, 0.717) is 24.7 Å². The summed E-state index contributed by atoms with van der Waals surface area (Å²) in [6.45, 7) is 2.31. The van der Waals surface area contributed by atoms with Crippen molar-refractivity contribution in [2.45, 2.75) is 19.3 Å². The lowest BCUT2D eigenvalue weighted by molar-refractivity contribution is -0.0527. The maximum atomic E-state index is 12.7. The minimum atomic E-state index is 0.0796. The highest BCUT2D eigenvalue weighted by Gasteiger charge is 2.39. The van der Waals surface area contributed by atoms with Crippen LogP contribution in [0.1, 0.15) is 38.3 Å². The lowest BCUT2D eigenvalue weighted by Gasteiger charge is -2.30. The van der Waals surface area contributed by atoms with Gasteiger partial charge in [-0.1, -0.05) is 0 Å². The molecule has 132 valence electrons. The number of rotatable bonds is 3. The lowest BCUT2D eigenvalue weighted by Crippen LogP contribution is -2.37. The van der Waals surface area contributed by atoms with E-state index in [1.54, 1.807) is 6.20 Å². The number of hydrogen-bond acceptors (Lipinski definition) is 5. The molecule has 1 atom stereocenters. The maximum Gasteiger partial charge on any atom is 0.167 e. The predicted molar refractivity (Wildman–Crippen MR) is 97.2 cm³/mol. The molecule has 3 aliphatic rings. The van der Waals surface area contributed by atoms with Gasteiger partial charge in [-0.15, -0.1) is 0 Å². The van der Waals surface area contributed by atoms with Crippen molar-refractivity contribution in [3.63, 3.8) is 0 Å². The summed E-state index contributed by atoms with van der Waals surface area (Å²) in [5.41, 5.74) is 4.82. The van der Waals surface area contributed by atoms with Crippen molar-refractivity contribution in [2.24, 2.45) is 11.8 Å². The van der Waals surface area contributed by atoms with Crippen LogP contribution in [0, 0.1) is 11.8 Å². The number of aldehydes is 1. The molecule has 1 saturated heterocycles. The molecule has 0 spiro atoms. The fourth-order valence-corrected chi connectivity index (χ4v) is 4.35. The first kappa shape index (κ1) is 15.7. The van der Waals surface area contributed by atoms with Crippen LogP contribution in [0.4, 0.5) is 11.5 Å². The van der Waals surface area contributed by atoms with Gasteiger partial charge in [0.1, 0.15) is 5.82 Å². The summed E-state index contributed by atoms with van der Waals surface area (Å²) in [5, 5.41) is 0. The van der Waals surface area contributed by atoms with E-state index in [-0.39, 0.29) is 11.7 Å². The molecular formula is C21H20N2O3. The van der Waals surface area contributed by atoms with Crippen LogP contribution in [0.2, 0.25) is 0 Å². The van der Waals surface area contributed by atoms with Crippen LogP contribution in [-0.2, 0) is 17.6 Å². The zero-order valence-electron chi connectivity index (χ0n) is 14.5. The summed E-state index contributed by atoms with van der Waals surface area (Å²) in [7, 11) is 0. The molecular weight excluding hydrogens is 328 g/mol. The molecule has 5 nitrogen and oxygen atoms in total. The highest BCUT2D eigenvalue weighted by molar-refractivity contribution is 6.03. The van der Waals surface area contributed by atoms with Gasteiger partial charge in [0.2, 0.25) is 0 Å². The van der Waals surface area contributed by atoms with Crippen LogP contribution >= 0.6 is 0 Å². The summed E-state index contributed by atoms with van der Waals surface area (Å²) >= 11 is 0. The predicted octanol–water partition coefficient (Wildman–Crippen LogP) is 2.98. The van der Waals surface area contributed by atoms with Crippen molar-refractivity contribution < 1.29 is 14.3 Å². The molecule has 1 aromatic heterocycles. The zero-order valence-corrected chi connectivity index (χ0v) is 14.5. The van der Waals surface area contributed by atoms with Gasteiger partial charge in [-0.3, -0.25) is 9.59 Å². The van der Waals surface area contributed by atoms with E-state index in [4.69, 9.17) is 4.74 Å². The quantitative estimate of drug-likeness (QED) is 0.798. The number of aromatic nitrogens is 1. The van der Waals surface area contributed by atoms with E-state index >= 15 is 0 Å². The van der Waals surface area contributed by atoms with Crippen molar-refractivity contribution in [3.8, 4) is 0 Å². The SMILES string of the molecule is O=Cc1cnc2c(c1)CCCN2c1ccc2c(c1)CC(C1COC1)C2=O. The second-order valence-electron chi connectivity index (χ2n) is 7.44. The van der Waals surface area contributed by atoms with Gasteiger partial charge in [0.15, 0.2) is 12.1 Å². The maximum absolute atomic E-state index is 12.7. The average Bonchev–Trinajstić information content (AvgIpc) is 2.95. The van der Waals surface area contributed by atoms with Gasteiger partial charge < -0.3 is 9.64 Å². The van der Waals surface area contributed by atoms with E-state index in [1.807, 2.05) is 18.2 Å². The number of carbonyl (C=O) groups excluding carboxylic acids is 2. The Kier molecular flexibility index (Phi) is 3.64. The minimum absolute atomic E-state index is 0.0796. The third kappa shape index (κ3) is 2.38. The Balaban J connectivity index is 1.48. The van der Waals surface area contributed by atoms with E-state index in [0.717, 1.165) is 60.3 Å². The molecule has 2 aromatic rings. The number of hydrogen-bond donors (Lipinski definition) is 0. The van der Waals surface area contributed by atoms with E-state index in [1.165, 1.54) is 0 Å². The number of carbonyl (C=O) groups is 2. The lowest BCUT2D eigenvalue weighted by atomic mass is 9.87. The number of Topliss-reactive ketones (excluding diaryl/α,β-unsaturated/α-hetero) is 1. The molecule has 0 N–H and O–H groups in total. The first-order valence-corrected chi connectivity index (χ1v) is 9.21. The number of nitrogens with zero attached hydrogens (tertiary/aromatic N) is 2. The van der Waals surface area contributed by atoms with Gasteiger partial charge in [0.25, 0.3) is 0 Å². The number of ketones is 1. The largest absolute Gasteiger partial charge is 0.381 e. The molecule has 5 rings (SSSR count). The topological polar surface area (TPSA) is 59.5 Å². The molecule has 0 radical (unpaired) electrons. The molecule has 1 aromatic carbocycles. The summed E-state index contributed by atoms with van der Waals surface area (Å²) in [6, 6.07) is 8.09. The number of pyridine rings is 1. The summed E-state index contributed by atoms with van der Waals surface area (Å²) in [6.07, 6.45) is 5.25. The second-order valence-corrected chi connectivity index (χ2v) is 7.44. The number of aryl methyl sites for hydroxylation is 1. The Hall–Kier alpha value is -2.53. The van der Waals surface area contributed by atoms with Gasteiger partial charge in [-0.05, 0) is 54.7 Å². The monoisotopic (exact) mass is 348 g/mol. The standard InChI is InChI=1S/C21H20N2O3/c24-10-13-6-14-2-1-5-23(21(14)22-9-13)17-3-4-18-15(7-17)8-19(20(18)25)16-11-26-12-16/h3-4,6-7,9-10,16,19H,1-2,5,8,11-12H2. The Bertz CT molecular complexity index is 904. The van der Waals surface area contributed by atoms with E-state index < -0.39 is 0 Å². The summed E-state index contributed by atoms with van der Waals surface area (Å²) in [5.74, 6) is 1.65. The molecule has 1 fully saturated rings. The molecule has 5 heteroatoms. The Morgan fingerprint density at radius 3 is 2.85 bits per heavy atom. The van der Waals surface area contributed by atoms with Gasteiger partial charge in [-0.25, -0.2) is 4.98 Å². The van der Waals surface area contributed by atoms with Crippen molar-refractivity contribution in [3.05, 3.63) is 52.7 Å². The Labute approximate surface area is 152 Å². The first-order chi connectivity index (χ1) is 12.7. The van der Waals surface area contributed by atoms with Gasteiger partial charge in [0.05, 0.1) is 13.2 Å². The molecule has 1 aliphatic carbocycles. The van der Waals surface area contributed by atoms with Crippen LogP contribution < -0.4 is 4.90 Å². The first-order valence-electron chi connectivity index (χ1n) is 9.21. The molecule has 0 amide bonds. The number of ether oxygens (including phenoxy) is 1. The van der Waals surface area contributed by atoms with Gasteiger partial charge in [0, 0.05) is 41.4 Å². The van der Waals surface area contributed by atoms with Crippen molar-refractivity contribution in [1.82, 2.24) is 4.98 Å². The van der Waals surface area contributed by atoms with Crippen LogP contribution in [0.5, 0.6) is 0 Å². The second kappa shape index (κ2) is 6.02. The fourth-order valence-electron chi connectivity index (χ4n) is 4.35. The zero-order chi connectivity index (χ0) is 17.7. The van der Waals surface area contributed by atoms with Crippen molar-refractivity contribution in [1.29, 1.82) is 0 Å². The molecule has 2 aliphatic heterocycles. The smallest absolute Gasteiger partial charge is 0.167 e. The van der Waals surface area contributed by atoms with Gasteiger partial charge >= 0.3 is 0 Å². The number of fused-ring (bicyclic) bond motifs is 2. The molecule has 0 saturated carbocycles. The highest BCUT2D eigenvalue weighted by atomic mass is 16.5. The fraction of sp³-hybridized carbons (Fsp3) is 0.381. The molecule has 26 heavy (non-hydrogen) atoms. The number of anilines is 2. The molecule has 3 heterocycles. The van der Waals surface area contributed by atoms with Crippen LogP contribution in [0.3, 0.4) is 0 Å². The minimum Gasteiger partial charge on any atom is -0.381 e.